The Balaban J connectivity index is 1.81. The lowest BCUT2D eigenvalue weighted by Gasteiger charge is -2.17. The summed E-state index contributed by atoms with van der Waals surface area (Å²) in [6.07, 6.45) is 5.01. The normalized spacial score (nSPS) is 12.4. The summed E-state index contributed by atoms with van der Waals surface area (Å²) in [7, 11) is 1.67. The molecule has 0 fully saturated rings. The van der Waals surface area contributed by atoms with Gasteiger partial charge in [0.25, 0.3) is 5.91 Å². The lowest BCUT2D eigenvalue weighted by molar-refractivity contribution is -0.112. The van der Waals surface area contributed by atoms with Gasteiger partial charge in [0.15, 0.2) is 5.13 Å². The number of ether oxygens (including phenoxy) is 1. The van der Waals surface area contributed by atoms with Crippen molar-refractivity contribution in [2.45, 2.75) is 26.8 Å². The lowest BCUT2D eigenvalue weighted by atomic mass is 10.1. The van der Waals surface area contributed by atoms with E-state index in [1.807, 2.05) is 43.5 Å². The van der Waals surface area contributed by atoms with E-state index >= 15 is 0 Å². The van der Waals surface area contributed by atoms with Crippen molar-refractivity contribution in [2.75, 3.05) is 19.0 Å². The van der Waals surface area contributed by atoms with E-state index in [0.717, 1.165) is 28.2 Å². The molecule has 0 spiro atoms. The van der Waals surface area contributed by atoms with Gasteiger partial charge in [-0.3, -0.25) is 15.1 Å². The van der Waals surface area contributed by atoms with Gasteiger partial charge >= 0.3 is 0 Å². The fraction of sp³-hybridized carbons (Fsp3) is 0.273. The van der Waals surface area contributed by atoms with Crippen LogP contribution in [0.5, 0.6) is 0 Å². The molecule has 0 saturated carbocycles. The summed E-state index contributed by atoms with van der Waals surface area (Å²) in [5.74, 6) is -0.487. The smallest absolute Gasteiger partial charge is 0.268 e. The van der Waals surface area contributed by atoms with Crippen LogP contribution in [0.1, 0.15) is 29.9 Å². The number of nitrogens with zero attached hydrogens (tertiary/aromatic N) is 4. The fourth-order valence-corrected chi connectivity index (χ4v) is 4.10. The number of nitrogens with one attached hydrogen (secondary N) is 1. The van der Waals surface area contributed by atoms with Gasteiger partial charge in [-0.2, -0.15) is 5.26 Å². The number of pyridine rings is 1. The standard InChI is InChI=1S/C22H23N5O2S/c1-14-8-18(16(3)27(14)15(2)12-29-4)9-19(10-23)21(28)26-22-25-20(13-30-22)17-6-5-7-24-11-17/h5-9,11,13,15H,12H2,1-4H3,(H,25,26,28)/b19-9-. The number of aryl methyl sites for hydroxylation is 1. The molecule has 3 heterocycles. The van der Waals surface area contributed by atoms with E-state index in [4.69, 9.17) is 4.74 Å². The van der Waals surface area contributed by atoms with Crippen LogP contribution in [0.25, 0.3) is 17.3 Å². The SMILES string of the molecule is COCC(C)n1c(C)cc(/C=C(/C#N)C(=O)Nc2nc(-c3cccnc3)cs2)c1C. The number of hydrogen-bond acceptors (Lipinski definition) is 6. The van der Waals surface area contributed by atoms with Crippen LogP contribution in [0.3, 0.4) is 0 Å². The Bertz CT molecular complexity index is 1110. The van der Waals surface area contributed by atoms with E-state index in [9.17, 15) is 10.1 Å². The molecule has 0 aliphatic rings. The third-order valence-electron chi connectivity index (χ3n) is 4.72. The predicted molar refractivity (Wildman–Crippen MR) is 118 cm³/mol. The maximum atomic E-state index is 12.7. The van der Waals surface area contributed by atoms with Gasteiger partial charge in [-0.25, -0.2) is 4.98 Å². The Morgan fingerprint density at radius 2 is 2.27 bits per heavy atom. The average molecular weight is 422 g/mol. The van der Waals surface area contributed by atoms with Crippen LogP contribution >= 0.6 is 11.3 Å². The van der Waals surface area contributed by atoms with E-state index < -0.39 is 5.91 Å². The monoisotopic (exact) mass is 421 g/mol. The van der Waals surface area contributed by atoms with Crippen LogP contribution in [-0.2, 0) is 9.53 Å². The van der Waals surface area contributed by atoms with E-state index in [-0.39, 0.29) is 11.6 Å². The van der Waals surface area contributed by atoms with Crippen molar-refractivity contribution in [3.8, 4) is 17.3 Å². The van der Waals surface area contributed by atoms with Crippen molar-refractivity contribution in [1.82, 2.24) is 14.5 Å². The summed E-state index contributed by atoms with van der Waals surface area (Å²) >= 11 is 1.30. The summed E-state index contributed by atoms with van der Waals surface area (Å²) in [5, 5.41) is 14.5. The molecule has 3 aromatic heterocycles. The number of hydrogen-bond donors (Lipinski definition) is 1. The van der Waals surface area contributed by atoms with Crippen LogP contribution in [0.2, 0.25) is 0 Å². The maximum absolute atomic E-state index is 12.7. The number of aromatic nitrogens is 3. The van der Waals surface area contributed by atoms with Crippen molar-refractivity contribution < 1.29 is 9.53 Å². The zero-order chi connectivity index (χ0) is 21.7. The Kier molecular flexibility index (Phi) is 6.77. The average Bonchev–Trinajstić information content (AvgIpc) is 3.30. The molecule has 0 radical (unpaired) electrons. The van der Waals surface area contributed by atoms with E-state index in [2.05, 4.69) is 26.8 Å². The Labute approximate surface area is 179 Å². The first-order valence-electron chi connectivity index (χ1n) is 9.41. The highest BCUT2D eigenvalue weighted by Crippen LogP contribution is 2.26. The second-order valence-electron chi connectivity index (χ2n) is 6.90. The summed E-state index contributed by atoms with van der Waals surface area (Å²) in [5.41, 5.74) is 4.46. The minimum Gasteiger partial charge on any atom is -0.383 e. The van der Waals surface area contributed by atoms with Crippen LogP contribution in [0, 0.1) is 25.2 Å². The largest absolute Gasteiger partial charge is 0.383 e. The number of carbonyl (C=O) groups excluding carboxylic acids is 1. The van der Waals surface area contributed by atoms with Gasteiger partial charge in [0, 0.05) is 41.8 Å². The van der Waals surface area contributed by atoms with Gasteiger partial charge in [0.05, 0.1) is 18.3 Å². The highest BCUT2D eigenvalue weighted by atomic mass is 32.1. The molecular weight excluding hydrogens is 398 g/mol. The van der Waals surface area contributed by atoms with Gasteiger partial charge in [-0.15, -0.1) is 11.3 Å². The topological polar surface area (TPSA) is 92.8 Å². The minimum atomic E-state index is -0.487. The van der Waals surface area contributed by atoms with Crippen molar-refractivity contribution >= 4 is 28.5 Å². The molecule has 0 aliphatic heterocycles. The van der Waals surface area contributed by atoms with E-state index in [1.165, 1.54) is 11.3 Å². The lowest BCUT2D eigenvalue weighted by Crippen LogP contribution is -2.14. The maximum Gasteiger partial charge on any atom is 0.268 e. The summed E-state index contributed by atoms with van der Waals surface area (Å²) in [4.78, 5) is 21.2. The van der Waals surface area contributed by atoms with Crippen LogP contribution < -0.4 is 5.32 Å². The summed E-state index contributed by atoms with van der Waals surface area (Å²) < 4.78 is 7.40. The van der Waals surface area contributed by atoms with Crippen molar-refractivity contribution in [3.63, 3.8) is 0 Å². The molecule has 3 rings (SSSR count). The molecule has 0 bridgehead atoms. The molecule has 30 heavy (non-hydrogen) atoms. The number of thiazole rings is 1. The van der Waals surface area contributed by atoms with Crippen molar-refractivity contribution in [2.24, 2.45) is 0 Å². The molecule has 1 atom stereocenters. The molecule has 154 valence electrons. The van der Waals surface area contributed by atoms with E-state index in [1.54, 1.807) is 25.6 Å². The molecule has 0 saturated heterocycles. The van der Waals surface area contributed by atoms with Crippen LogP contribution in [0.15, 0.2) is 41.5 Å². The molecule has 1 amide bonds. The van der Waals surface area contributed by atoms with Crippen molar-refractivity contribution in [3.05, 3.63) is 58.5 Å². The second kappa shape index (κ2) is 9.48. The molecule has 3 aromatic rings. The molecule has 1 N–H and O–H groups in total. The first-order valence-corrected chi connectivity index (χ1v) is 10.3. The number of methoxy groups -OCH3 is 1. The molecule has 7 nitrogen and oxygen atoms in total. The molecule has 0 aliphatic carbocycles. The second-order valence-corrected chi connectivity index (χ2v) is 7.76. The van der Waals surface area contributed by atoms with Gasteiger partial charge in [-0.05, 0) is 50.6 Å². The van der Waals surface area contributed by atoms with Gasteiger partial charge in [0.2, 0.25) is 0 Å². The first kappa shape index (κ1) is 21.4. The zero-order valence-electron chi connectivity index (χ0n) is 17.3. The third kappa shape index (κ3) is 4.64. The Morgan fingerprint density at radius 3 is 2.93 bits per heavy atom. The number of nitriles is 1. The van der Waals surface area contributed by atoms with Gasteiger partial charge in [-0.1, -0.05) is 0 Å². The number of carbonyl (C=O) groups is 1. The molecule has 0 aromatic carbocycles. The summed E-state index contributed by atoms with van der Waals surface area (Å²) in [6.45, 7) is 6.61. The Morgan fingerprint density at radius 1 is 1.47 bits per heavy atom. The van der Waals surface area contributed by atoms with Gasteiger partial charge in [0.1, 0.15) is 11.6 Å². The molecule has 1 unspecified atom stereocenters. The Hall–Kier alpha value is -3.28. The zero-order valence-corrected chi connectivity index (χ0v) is 18.2. The van der Waals surface area contributed by atoms with E-state index in [0.29, 0.717) is 11.7 Å². The number of amides is 1. The summed E-state index contributed by atoms with van der Waals surface area (Å²) in [6, 6.07) is 7.84. The highest BCUT2D eigenvalue weighted by Gasteiger charge is 2.17. The quantitative estimate of drug-likeness (QED) is 0.451. The number of rotatable bonds is 7. The third-order valence-corrected chi connectivity index (χ3v) is 5.48. The first-order chi connectivity index (χ1) is 14.4. The number of anilines is 1. The van der Waals surface area contributed by atoms with Crippen LogP contribution in [-0.4, -0.2) is 34.2 Å². The van der Waals surface area contributed by atoms with Crippen LogP contribution in [0.4, 0.5) is 5.13 Å². The molecule has 8 heteroatoms. The van der Waals surface area contributed by atoms with Crippen molar-refractivity contribution in [1.29, 1.82) is 5.26 Å². The highest BCUT2D eigenvalue weighted by molar-refractivity contribution is 7.14. The fourth-order valence-electron chi connectivity index (χ4n) is 3.39. The van der Waals surface area contributed by atoms with Gasteiger partial charge < -0.3 is 9.30 Å². The molecular formula is C22H23N5O2S. The predicted octanol–water partition coefficient (Wildman–Crippen LogP) is 4.38. The minimum absolute atomic E-state index is 0.0211.